The zero-order valence-corrected chi connectivity index (χ0v) is 8.53. The Bertz CT molecular complexity index is 389. The van der Waals surface area contributed by atoms with E-state index in [1.54, 1.807) is 6.26 Å². The monoisotopic (exact) mass is 206 g/mol. The number of aromatic nitrogens is 1. The fourth-order valence-electron chi connectivity index (χ4n) is 2.05. The molecule has 0 radical (unpaired) electrons. The van der Waals surface area contributed by atoms with Gasteiger partial charge in [0.25, 0.3) is 0 Å². The Labute approximate surface area is 87.9 Å². The lowest BCUT2D eigenvalue weighted by molar-refractivity contribution is -0.121. The molecular weight excluding hydrogens is 192 g/mol. The molecule has 0 saturated heterocycles. The molecule has 2 aliphatic rings. The summed E-state index contributed by atoms with van der Waals surface area (Å²) in [5.41, 5.74) is 6.26. The predicted molar refractivity (Wildman–Crippen MR) is 53.2 cm³/mol. The summed E-state index contributed by atoms with van der Waals surface area (Å²) in [6, 6.07) is 0. The second kappa shape index (κ2) is 2.70. The van der Waals surface area contributed by atoms with Gasteiger partial charge < -0.3 is 10.2 Å². The predicted octanol–water partition coefficient (Wildman–Crippen LogP) is 1.16. The van der Waals surface area contributed by atoms with Crippen molar-refractivity contribution in [2.45, 2.75) is 43.1 Å². The highest BCUT2D eigenvalue weighted by atomic mass is 16.3. The summed E-state index contributed by atoms with van der Waals surface area (Å²) in [7, 11) is 0. The summed E-state index contributed by atoms with van der Waals surface area (Å²) in [6.07, 6.45) is 7.37. The Hall–Kier alpha value is -1.16. The van der Waals surface area contributed by atoms with E-state index in [1.165, 1.54) is 6.39 Å². The Morgan fingerprint density at radius 2 is 2.20 bits per heavy atom. The maximum atomic E-state index is 11.9. The summed E-state index contributed by atoms with van der Waals surface area (Å²) in [5, 5.41) is 0. The van der Waals surface area contributed by atoms with Gasteiger partial charge in [0.1, 0.15) is 6.26 Å². The fourth-order valence-corrected chi connectivity index (χ4v) is 2.05. The van der Waals surface area contributed by atoms with Gasteiger partial charge in [-0.2, -0.15) is 0 Å². The molecule has 0 spiro atoms. The minimum absolute atomic E-state index is 0.0426. The molecule has 2 saturated carbocycles. The van der Waals surface area contributed by atoms with Gasteiger partial charge in [-0.25, -0.2) is 4.98 Å². The molecule has 1 aromatic rings. The highest BCUT2D eigenvalue weighted by Gasteiger charge is 2.53. The zero-order chi connectivity index (χ0) is 10.5. The van der Waals surface area contributed by atoms with Crippen LogP contribution in [-0.2, 0) is 10.2 Å². The number of ketones is 1. The van der Waals surface area contributed by atoms with Gasteiger partial charge in [-0.1, -0.05) is 0 Å². The van der Waals surface area contributed by atoms with Crippen molar-refractivity contribution in [2.24, 2.45) is 5.73 Å². The van der Waals surface area contributed by atoms with Crippen LogP contribution >= 0.6 is 0 Å². The van der Waals surface area contributed by atoms with E-state index < -0.39 is 5.54 Å². The Morgan fingerprint density at radius 1 is 1.47 bits per heavy atom. The van der Waals surface area contributed by atoms with Crippen molar-refractivity contribution in [3.05, 3.63) is 18.4 Å². The molecule has 2 fully saturated rings. The van der Waals surface area contributed by atoms with Crippen molar-refractivity contribution in [1.29, 1.82) is 0 Å². The van der Waals surface area contributed by atoms with Crippen LogP contribution in [0.1, 0.15) is 37.8 Å². The number of hydrogen-bond donors (Lipinski definition) is 1. The Kier molecular flexibility index (Phi) is 1.63. The van der Waals surface area contributed by atoms with Gasteiger partial charge in [0, 0.05) is 11.8 Å². The zero-order valence-electron chi connectivity index (χ0n) is 8.53. The minimum Gasteiger partial charge on any atom is -0.451 e. The van der Waals surface area contributed by atoms with E-state index >= 15 is 0 Å². The summed E-state index contributed by atoms with van der Waals surface area (Å²) in [5.74, 6) is 0.197. The molecule has 15 heavy (non-hydrogen) atoms. The SMILES string of the molecule is NC1(C(=O)CC2(c3cocn3)CC2)CC1. The van der Waals surface area contributed by atoms with Crippen LogP contribution < -0.4 is 5.73 Å². The van der Waals surface area contributed by atoms with Crippen LogP contribution in [0.15, 0.2) is 17.1 Å². The third-order valence-corrected chi connectivity index (χ3v) is 3.67. The molecule has 1 heterocycles. The van der Waals surface area contributed by atoms with Gasteiger partial charge in [0.05, 0.1) is 11.2 Å². The Morgan fingerprint density at radius 3 is 2.67 bits per heavy atom. The summed E-state index contributed by atoms with van der Waals surface area (Å²) in [6.45, 7) is 0. The summed E-state index contributed by atoms with van der Waals surface area (Å²) < 4.78 is 4.97. The fraction of sp³-hybridized carbons (Fsp3) is 0.636. The van der Waals surface area contributed by atoms with Crippen molar-refractivity contribution >= 4 is 5.78 Å². The van der Waals surface area contributed by atoms with Crippen LogP contribution in [0.4, 0.5) is 0 Å². The van der Waals surface area contributed by atoms with Crippen LogP contribution in [0.5, 0.6) is 0 Å². The van der Waals surface area contributed by atoms with Crippen LogP contribution in [0.2, 0.25) is 0 Å². The number of Topliss-reactive ketones (excluding diaryl/α,β-unsaturated/α-hetero) is 1. The molecule has 0 atom stereocenters. The molecule has 3 rings (SSSR count). The van der Waals surface area contributed by atoms with Crippen molar-refractivity contribution < 1.29 is 9.21 Å². The summed E-state index contributed by atoms with van der Waals surface area (Å²) >= 11 is 0. The molecule has 4 nitrogen and oxygen atoms in total. The lowest BCUT2D eigenvalue weighted by atomic mass is 9.92. The lowest BCUT2D eigenvalue weighted by Crippen LogP contribution is -2.35. The normalized spacial score (nSPS) is 24.9. The van der Waals surface area contributed by atoms with Crippen LogP contribution in [0.25, 0.3) is 0 Å². The molecular formula is C11H14N2O2. The van der Waals surface area contributed by atoms with Crippen molar-refractivity contribution in [2.75, 3.05) is 0 Å². The molecule has 0 amide bonds. The lowest BCUT2D eigenvalue weighted by Gasteiger charge is -2.13. The number of hydrogen-bond acceptors (Lipinski definition) is 4. The largest absolute Gasteiger partial charge is 0.451 e. The molecule has 1 aromatic heterocycles. The number of oxazole rings is 1. The second-order valence-electron chi connectivity index (χ2n) is 4.91. The van der Waals surface area contributed by atoms with E-state index in [1.807, 2.05) is 0 Å². The van der Waals surface area contributed by atoms with Crippen LogP contribution in [0.3, 0.4) is 0 Å². The summed E-state index contributed by atoms with van der Waals surface area (Å²) in [4.78, 5) is 16.0. The maximum Gasteiger partial charge on any atom is 0.180 e. The highest BCUT2D eigenvalue weighted by Crippen LogP contribution is 2.52. The van der Waals surface area contributed by atoms with E-state index in [-0.39, 0.29) is 11.2 Å². The van der Waals surface area contributed by atoms with Gasteiger partial charge in [-0.15, -0.1) is 0 Å². The molecule has 0 aromatic carbocycles. The van der Waals surface area contributed by atoms with Crippen molar-refractivity contribution in [1.82, 2.24) is 4.98 Å². The number of nitrogens with zero attached hydrogens (tertiary/aromatic N) is 1. The molecule has 0 unspecified atom stereocenters. The Balaban J connectivity index is 1.75. The molecule has 2 N–H and O–H groups in total. The third-order valence-electron chi connectivity index (χ3n) is 3.67. The first kappa shape index (κ1) is 9.09. The third kappa shape index (κ3) is 1.40. The standard InChI is InChI=1S/C11H14N2O2/c12-11(3-4-11)9(14)5-10(1-2-10)8-6-15-7-13-8/h6-7H,1-5,12H2. The first-order valence-electron chi connectivity index (χ1n) is 5.36. The van der Waals surface area contributed by atoms with Gasteiger partial charge in [-0.3, -0.25) is 4.79 Å². The molecule has 4 heteroatoms. The molecule has 2 aliphatic carbocycles. The van der Waals surface area contributed by atoms with E-state index in [0.717, 1.165) is 31.4 Å². The topological polar surface area (TPSA) is 69.1 Å². The smallest absolute Gasteiger partial charge is 0.180 e. The molecule has 0 bridgehead atoms. The highest BCUT2D eigenvalue weighted by molar-refractivity contribution is 5.92. The molecule has 0 aliphatic heterocycles. The van der Waals surface area contributed by atoms with Crippen LogP contribution in [-0.4, -0.2) is 16.3 Å². The van der Waals surface area contributed by atoms with E-state index in [9.17, 15) is 4.79 Å². The van der Waals surface area contributed by atoms with Gasteiger partial charge in [0.15, 0.2) is 12.2 Å². The van der Waals surface area contributed by atoms with E-state index in [0.29, 0.717) is 6.42 Å². The van der Waals surface area contributed by atoms with Gasteiger partial charge in [-0.05, 0) is 25.7 Å². The number of carbonyl (C=O) groups is 1. The second-order valence-corrected chi connectivity index (χ2v) is 4.91. The van der Waals surface area contributed by atoms with Gasteiger partial charge in [0.2, 0.25) is 0 Å². The average molecular weight is 206 g/mol. The maximum absolute atomic E-state index is 11.9. The van der Waals surface area contributed by atoms with Crippen molar-refractivity contribution in [3.63, 3.8) is 0 Å². The first-order valence-corrected chi connectivity index (χ1v) is 5.36. The van der Waals surface area contributed by atoms with Gasteiger partial charge >= 0.3 is 0 Å². The number of rotatable bonds is 4. The average Bonchev–Trinajstić information content (AvgIpc) is 3.10. The minimum atomic E-state index is -0.501. The number of nitrogens with two attached hydrogens (primary N) is 1. The van der Waals surface area contributed by atoms with Crippen molar-refractivity contribution in [3.8, 4) is 0 Å². The quantitative estimate of drug-likeness (QED) is 0.802. The van der Waals surface area contributed by atoms with Crippen LogP contribution in [0, 0.1) is 0 Å². The van der Waals surface area contributed by atoms with E-state index in [4.69, 9.17) is 10.2 Å². The number of carbonyl (C=O) groups excluding carboxylic acids is 1. The first-order chi connectivity index (χ1) is 7.15. The molecule has 80 valence electrons. The van der Waals surface area contributed by atoms with E-state index in [2.05, 4.69) is 4.98 Å².